The molecule has 2 amide bonds. The molecular weight excluding hydrogens is 178 g/mol. The van der Waals surface area contributed by atoms with E-state index in [0.717, 1.165) is 12.8 Å². The van der Waals surface area contributed by atoms with Gasteiger partial charge in [0.25, 0.3) is 0 Å². The molecule has 0 N–H and O–H groups in total. The Balaban J connectivity index is 4.45. The molecule has 0 aliphatic carbocycles. The van der Waals surface area contributed by atoms with Crippen molar-refractivity contribution < 1.29 is 9.59 Å². The first-order valence-electron chi connectivity index (χ1n) is 5.34. The van der Waals surface area contributed by atoms with Crippen LogP contribution < -0.4 is 0 Å². The number of amides is 2. The van der Waals surface area contributed by atoms with Crippen molar-refractivity contribution in [2.24, 2.45) is 11.8 Å². The first-order valence-corrected chi connectivity index (χ1v) is 5.34. The van der Waals surface area contributed by atoms with Crippen LogP contribution in [0, 0.1) is 11.8 Å². The Morgan fingerprint density at radius 2 is 1.93 bits per heavy atom. The molecule has 0 aromatic heterocycles. The first kappa shape index (κ1) is 13.1. The summed E-state index contributed by atoms with van der Waals surface area (Å²) in [5, 5.41) is 0. The molecule has 1 atom stereocenters. The molecule has 0 rings (SSSR count). The molecule has 82 valence electrons. The summed E-state index contributed by atoms with van der Waals surface area (Å²) in [6, 6.07) is 0. The highest BCUT2D eigenvalue weighted by atomic mass is 16.2. The summed E-state index contributed by atoms with van der Waals surface area (Å²) in [6.07, 6.45) is 2.26. The Bertz CT molecular complexity index is 190. The molecule has 0 aliphatic heterocycles. The lowest BCUT2D eigenvalue weighted by molar-refractivity contribution is -0.142. The molecule has 0 aliphatic rings. The lowest BCUT2D eigenvalue weighted by atomic mass is 9.92. The van der Waals surface area contributed by atoms with E-state index in [4.69, 9.17) is 0 Å². The fourth-order valence-corrected chi connectivity index (χ4v) is 1.60. The van der Waals surface area contributed by atoms with E-state index >= 15 is 0 Å². The van der Waals surface area contributed by atoms with Gasteiger partial charge in [-0.3, -0.25) is 14.5 Å². The van der Waals surface area contributed by atoms with Crippen molar-refractivity contribution in [3.63, 3.8) is 0 Å². The molecule has 0 aromatic rings. The van der Waals surface area contributed by atoms with Crippen molar-refractivity contribution in [3.8, 4) is 0 Å². The van der Waals surface area contributed by atoms with E-state index in [1.54, 1.807) is 0 Å². The molecule has 0 spiro atoms. The molecule has 14 heavy (non-hydrogen) atoms. The van der Waals surface area contributed by atoms with E-state index in [2.05, 4.69) is 0 Å². The monoisotopic (exact) mass is 199 g/mol. The largest absolute Gasteiger partial charge is 0.285 e. The van der Waals surface area contributed by atoms with E-state index in [0.29, 0.717) is 18.9 Å². The smallest absolute Gasteiger partial charge is 0.232 e. The number of imide groups is 1. The molecule has 1 unspecified atom stereocenters. The minimum Gasteiger partial charge on any atom is -0.285 e. The van der Waals surface area contributed by atoms with Crippen LogP contribution in [0.15, 0.2) is 0 Å². The fraction of sp³-hybridized carbons (Fsp3) is 0.818. The number of rotatable bonds is 6. The average Bonchev–Trinajstić information content (AvgIpc) is 2.14. The molecule has 0 fully saturated rings. The second kappa shape index (κ2) is 6.57. The lowest BCUT2D eigenvalue weighted by Crippen LogP contribution is -2.37. The van der Waals surface area contributed by atoms with E-state index in [1.165, 1.54) is 4.90 Å². The van der Waals surface area contributed by atoms with Gasteiger partial charge in [-0.05, 0) is 18.8 Å². The first-order chi connectivity index (χ1) is 6.58. The van der Waals surface area contributed by atoms with Crippen molar-refractivity contribution >= 4 is 12.3 Å². The third kappa shape index (κ3) is 3.48. The maximum absolute atomic E-state index is 11.8. The van der Waals surface area contributed by atoms with Crippen LogP contribution in [-0.2, 0) is 9.59 Å². The van der Waals surface area contributed by atoms with Gasteiger partial charge in [0.2, 0.25) is 12.3 Å². The van der Waals surface area contributed by atoms with Crippen molar-refractivity contribution in [1.82, 2.24) is 4.90 Å². The SMILES string of the molecule is CCCN(C=O)C(=O)C(CC)C(C)C. The Morgan fingerprint density at radius 1 is 1.36 bits per heavy atom. The second-order valence-corrected chi connectivity index (χ2v) is 3.90. The Labute approximate surface area is 86.5 Å². The summed E-state index contributed by atoms with van der Waals surface area (Å²) < 4.78 is 0. The van der Waals surface area contributed by atoms with Gasteiger partial charge in [0.05, 0.1) is 0 Å². The van der Waals surface area contributed by atoms with Gasteiger partial charge < -0.3 is 0 Å². The maximum atomic E-state index is 11.8. The zero-order valence-electron chi connectivity index (χ0n) is 9.62. The second-order valence-electron chi connectivity index (χ2n) is 3.90. The van der Waals surface area contributed by atoms with E-state index in [-0.39, 0.29) is 11.8 Å². The van der Waals surface area contributed by atoms with Gasteiger partial charge in [-0.15, -0.1) is 0 Å². The molecule has 0 saturated carbocycles. The number of hydrogen-bond donors (Lipinski definition) is 0. The summed E-state index contributed by atoms with van der Waals surface area (Å²) in [6.45, 7) is 8.51. The highest BCUT2D eigenvalue weighted by molar-refractivity contribution is 5.88. The predicted octanol–water partition coefficient (Wildman–Crippen LogP) is 2.06. The van der Waals surface area contributed by atoms with Crippen molar-refractivity contribution in [3.05, 3.63) is 0 Å². The Kier molecular flexibility index (Phi) is 6.17. The maximum Gasteiger partial charge on any atom is 0.232 e. The molecular formula is C11H21NO2. The predicted molar refractivity (Wildman–Crippen MR) is 56.7 cm³/mol. The Morgan fingerprint density at radius 3 is 2.21 bits per heavy atom. The highest BCUT2D eigenvalue weighted by Gasteiger charge is 2.24. The van der Waals surface area contributed by atoms with Crippen molar-refractivity contribution in [2.75, 3.05) is 6.54 Å². The van der Waals surface area contributed by atoms with Crippen LogP contribution in [0.25, 0.3) is 0 Å². The number of nitrogens with zero attached hydrogens (tertiary/aromatic N) is 1. The summed E-state index contributed by atoms with van der Waals surface area (Å²) in [5.41, 5.74) is 0. The van der Waals surface area contributed by atoms with Crippen molar-refractivity contribution in [1.29, 1.82) is 0 Å². The molecule has 3 heteroatoms. The van der Waals surface area contributed by atoms with Gasteiger partial charge in [0, 0.05) is 12.5 Å². The summed E-state index contributed by atoms with van der Waals surface area (Å²) in [7, 11) is 0. The molecule has 0 aromatic carbocycles. The van der Waals surface area contributed by atoms with E-state index in [1.807, 2.05) is 27.7 Å². The topological polar surface area (TPSA) is 37.4 Å². The van der Waals surface area contributed by atoms with Crippen LogP contribution in [0.5, 0.6) is 0 Å². The number of carbonyl (C=O) groups excluding carboxylic acids is 2. The van der Waals surface area contributed by atoms with Crippen LogP contribution in [0.4, 0.5) is 0 Å². The van der Waals surface area contributed by atoms with Gasteiger partial charge in [-0.2, -0.15) is 0 Å². The van der Waals surface area contributed by atoms with Crippen LogP contribution in [0.3, 0.4) is 0 Å². The molecule has 0 saturated heterocycles. The molecule has 0 heterocycles. The molecule has 0 bridgehead atoms. The number of hydrogen-bond acceptors (Lipinski definition) is 2. The minimum atomic E-state index is -0.0284. The van der Waals surface area contributed by atoms with E-state index < -0.39 is 0 Å². The van der Waals surface area contributed by atoms with E-state index in [9.17, 15) is 9.59 Å². The average molecular weight is 199 g/mol. The molecule has 0 radical (unpaired) electrons. The quantitative estimate of drug-likeness (QED) is 0.614. The highest BCUT2D eigenvalue weighted by Crippen LogP contribution is 2.17. The zero-order chi connectivity index (χ0) is 11.1. The van der Waals surface area contributed by atoms with Gasteiger partial charge in [-0.1, -0.05) is 27.7 Å². The summed E-state index contributed by atoms with van der Waals surface area (Å²) in [5.74, 6) is 0.248. The zero-order valence-corrected chi connectivity index (χ0v) is 9.62. The number of carbonyl (C=O) groups is 2. The minimum absolute atomic E-state index is 0.0215. The van der Waals surface area contributed by atoms with Gasteiger partial charge in [0.15, 0.2) is 0 Å². The van der Waals surface area contributed by atoms with Crippen LogP contribution in [0.2, 0.25) is 0 Å². The van der Waals surface area contributed by atoms with Crippen molar-refractivity contribution in [2.45, 2.75) is 40.5 Å². The summed E-state index contributed by atoms with van der Waals surface area (Å²) in [4.78, 5) is 23.8. The van der Waals surface area contributed by atoms with Gasteiger partial charge in [-0.25, -0.2) is 0 Å². The third-order valence-corrected chi connectivity index (χ3v) is 2.44. The van der Waals surface area contributed by atoms with Crippen LogP contribution >= 0.6 is 0 Å². The Hall–Kier alpha value is -0.860. The molecule has 3 nitrogen and oxygen atoms in total. The van der Waals surface area contributed by atoms with Gasteiger partial charge in [0.1, 0.15) is 0 Å². The van der Waals surface area contributed by atoms with Crippen LogP contribution in [0.1, 0.15) is 40.5 Å². The van der Waals surface area contributed by atoms with Gasteiger partial charge >= 0.3 is 0 Å². The summed E-state index contributed by atoms with van der Waals surface area (Å²) >= 11 is 0. The van der Waals surface area contributed by atoms with Crippen LogP contribution in [-0.4, -0.2) is 23.8 Å². The third-order valence-electron chi connectivity index (χ3n) is 2.44. The normalized spacial score (nSPS) is 12.6. The standard InChI is InChI=1S/C11H21NO2/c1-5-7-12(8-13)11(14)10(6-2)9(3)4/h8-10H,5-7H2,1-4H3. The lowest BCUT2D eigenvalue weighted by Gasteiger charge is -2.23. The fourth-order valence-electron chi connectivity index (χ4n) is 1.60.